The van der Waals surface area contributed by atoms with Crippen LogP contribution in [-0.2, 0) is 11.2 Å². The van der Waals surface area contributed by atoms with Gasteiger partial charge in [-0.25, -0.2) is 0 Å². The molecule has 20 heavy (non-hydrogen) atoms. The minimum atomic E-state index is -0.169. The fourth-order valence-electron chi connectivity index (χ4n) is 2.93. The van der Waals surface area contributed by atoms with Gasteiger partial charge in [-0.1, -0.05) is 6.08 Å². The Morgan fingerprint density at radius 3 is 3.10 bits per heavy atom. The first-order chi connectivity index (χ1) is 9.69. The average molecular weight is 293 g/mol. The van der Waals surface area contributed by atoms with Crippen LogP contribution >= 0.6 is 11.3 Å². The maximum Gasteiger partial charge on any atom is 0.222 e. The molecular formula is C16H23NO2S. The number of aryl methyl sites for hydroxylation is 1. The summed E-state index contributed by atoms with van der Waals surface area (Å²) >= 11 is 1.67. The van der Waals surface area contributed by atoms with Gasteiger partial charge in [0.25, 0.3) is 0 Å². The van der Waals surface area contributed by atoms with E-state index in [2.05, 4.69) is 18.0 Å². The zero-order valence-corrected chi connectivity index (χ0v) is 12.7. The lowest BCUT2D eigenvalue weighted by molar-refractivity contribution is -0.135. The Morgan fingerprint density at radius 2 is 2.45 bits per heavy atom. The minimum Gasteiger partial charge on any atom is -0.396 e. The van der Waals surface area contributed by atoms with Crippen LogP contribution in [0.25, 0.3) is 0 Å². The Hall–Kier alpha value is -1.13. The molecule has 1 aromatic rings. The molecule has 0 saturated carbocycles. The maximum atomic E-state index is 12.3. The molecule has 0 unspecified atom stereocenters. The van der Waals surface area contributed by atoms with Crippen molar-refractivity contribution >= 4 is 17.2 Å². The summed E-state index contributed by atoms with van der Waals surface area (Å²) in [4.78, 5) is 14.2. The number of hydrogen-bond acceptors (Lipinski definition) is 3. The number of carbonyl (C=O) groups is 1. The predicted molar refractivity (Wildman–Crippen MR) is 82.8 cm³/mol. The van der Waals surface area contributed by atoms with Crippen molar-refractivity contribution in [3.8, 4) is 0 Å². The number of likely N-dealkylation sites (tertiary alicyclic amines) is 1. The van der Waals surface area contributed by atoms with E-state index in [1.165, 1.54) is 5.56 Å². The van der Waals surface area contributed by atoms with Gasteiger partial charge in [0.15, 0.2) is 0 Å². The van der Waals surface area contributed by atoms with Crippen molar-refractivity contribution in [1.82, 2.24) is 4.90 Å². The normalized spacial score (nSPS) is 22.8. The number of aliphatic hydroxyl groups excluding tert-OH is 1. The van der Waals surface area contributed by atoms with Crippen molar-refractivity contribution in [2.45, 2.75) is 32.1 Å². The van der Waals surface area contributed by atoms with Gasteiger partial charge in [-0.2, -0.15) is 11.3 Å². The van der Waals surface area contributed by atoms with Crippen molar-refractivity contribution < 1.29 is 9.90 Å². The lowest BCUT2D eigenvalue weighted by atomic mass is 9.77. The maximum absolute atomic E-state index is 12.3. The van der Waals surface area contributed by atoms with E-state index in [1.54, 1.807) is 11.3 Å². The highest BCUT2D eigenvalue weighted by atomic mass is 32.1. The molecule has 0 spiro atoms. The van der Waals surface area contributed by atoms with Crippen LogP contribution in [0.2, 0.25) is 0 Å². The smallest absolute Gasteiger partial charge is 0.222 e. The molecule has 2 rings (SSSR count). The highest BCUT2D eigenvalue weighted by Gasteiger charge is 2.35. The molecule has 4 heteroatoms. The molecule has 1 aromatic heterocycles. The van der Waals surface area contributed by atoms with Crippen LogP contribution in [0.4, 0.5) is 0 Å². The number of nitrogens with zero attached hydrogens (tertiary/aromatic N) is 1. The van der Waals surface area contributed by atoms with Crippen molar-refractivity contribution in [2.24, 2.45) is 5.41 Å². The summed E-state index contributed by atoms with van der Waals surface area (Å²) in [7, 11) is 0. The van der Waals surface area contributed by atoms with Gasteiger partial charge in [-0.3, -0.25) is 4.79 Å². The van der Waals surface area contributed by atoms with E-state index in [-0.39, 0.29) is 17.9 Å². The molecule has 1 aliphatic heterocycles. The van der Waals surface area contributed by atoms with E-state index < -0.39 is 0 Å². The Bertz CT molecular complexity index is 443. The zero-order valence-electron chi connectivity index (χ0n) is 11.9. The molecule has 110 valence electrons. The molecule has 0 aliphatic carbocycles. The summed E-state index contributed by atoms with van der Waals surface area (Å²) in [6.45, 7) is 5.39. The molecule has 1 N–H and O–H groups in total. The third-order valence-corrected chi connectivity index (χ3v) is 4.87. The largest absolute Gasteiger partial charge is 0.396 e. The van der Waals surface area contributed by atoms with Crippen LogP contribution in [0.5, 0.6) is 0 Å². The van der Waals surface area contributed by atoms with Gasteiger partial charge in [0.1, 0.15) is 0 Å². The Labute approximate surface area is 124 Å². The zero-order chi connectivity index (χ0) is 14.4. The SMILES string of the molecule is C=CC[C@]1(CO)CCCN(C(=O)CCc2ccsc2)C1. The van der Waals surface area contributed by atoms with E-state index >= 15 is 0 Å². The monoisotopic (exact) mass is 293 g/mol. The van der Waals surface area contributed by atoms with Gasteiger partial charge >= 0.3 is 0 Å². The number of allylic oxidation sites excluding steroid dienone is 1. The number of thiophene rings is 1. The molecule has 1 atom stereocenters. The molecule has 3 nitrogen and oxygen atoms in total. The van der Waals surface area contributed by atoms with Crippen molar-refractivity contribution in [3.05, 3.63) is 35.0 Å². The van der Waals surface area contributed by atoms with Crippen molar-refractivity contribution in [1.29, 1.82) is 0 Å². The third kappa shape index (κ3) is 3.70. The van der Waals surface area contributed by atoms with Crippen molar-refractivity contribution in [3.63, 3.8) is 0 Å². The summed E-state index contributed by atoms with van der Waals surface area (Å²) in [6, 6.07) is 2.07. The number of piperidine rings is 1. The van der Waals surface area contributed by atoms with E-state index in [0.29, 0.717) is 13.0 Å². The van der Waals surface area contributed by atoms with E-state index in [4.69, 9.17) is 0 Å². The lowest BCUT2D eigenvalue weighted by Crippen LogP contribution is -2.47. The van der Waals surface area contributed by atoms with Gasteiger partial charge in [-0.05, 0) is 48.1 Å². The standard InChI is InChI=1S/C16H23NO2S/c1-2-7-16(13-18)8-3-9-17(12-16)15(19)5-4-14-6-10-20-11-14/h2,6,10-11,18H,1,3-5,7-9,12-13H2/t16-/m0/s1. The Morgan fingerprint density at radius 1 is 1.60 bits per heavy atom. The fraction of sp³-hybridized carbons (Fsp3) is 0.562. The predicted octanol–water partition coefficient (Wildman–Crippen LogP) is 2.86. The second-order valence-electron chi connectivity index (χ2n) is 5.70. The third-order valence-electron chi connectivity index (χ3n) is 4.13. The van der Waals surface area contributed by atoms with Crippen LogP contribution < -0.4 is 0 Å². The lowest BCUT2D eigenvalue weighted by Gasteiger charge is -2.41. The Balaban J connectivity index is 1.90. The summed E-state index contributed by atoms with van der Waals surface area (Å²) < 4.78 is 0. The minimum absolute atomic E-state index is 0.132. The molecule has 1 amide bonds. The van der Waals surface area contributed by atoms with E-state index in [0.717, 1.165) is 32.2 Å². The van der Waals surface area contributed by atoms with Gasteiger partial charge in [0.05, 0.1) is 6.61 Å². The first-order valence-electron chi connectivity index (χ1n) is 7.20. The first kappa shape index (κ1) is 15.3. The molecule has 1 saturated heterocycles. The van der Waals surface area contributed by atoms with Crippen LogP contribution in [0.1, 0.15) is 31.2 Å². The quantitative estimate of drug-likeness (QED) is 0.819. The van der Waals surface area contributed by atoms with Crippen molar-refractivity contribution in [2.75, 3.05) is 19.7 Å². The summed E-state index contributed by atoms with van der Waals surface area (Å²) in [5.41, 5.74) is 1.07. The number of amides is 1. The number of hydrogen-bond donors (Lipinski definition) is 1. The van der Waals surface area contributed by atoms with Crippen LogP contribution in [-0.4, -0.2) is 35.6 Å². The molecule has 2 heterocycles. The summed E-state index contributed by atoms with van der Waals surface area (Å²) in [6.07, 6.45) is 5.95. The number of rotatable bonds is 6. The molecule has 0 bridgehead atoms. The van der Waals surface area contributed by atoms with Crippen LogP contribution in [0, 0.1) is 5.41 Å². The molecular weight excluding hydrogens is 270 g/mol. The number of carbonyl (C=O) groups excluding carboxylic acids is 1. The Kier molecular flexibility index (Phi) is 5.38. The molecule has 0 radical (unpaired) electrons. The van der Waals surface area contributed by atoms with Gasteiger partial charge in [0.2, 0.25) is 5.91 Å². The van der Waals surface area contributed by atoms with Gasteiger partial charge < -0.3 is 10.0 Å². The second kappa shape index (κ2) is 7.04. The first-order valence-corrected chi connectivity index (χ1v) is 8.14. The highest BCUT2D eigenvalue weighted by Crippen LogP contribution is 2.33. The number of aliphatic hydroxyl groups is 1. The molecule has 1 fully saturated rings. The van der Waals surface area contributed by atoms with Crippen LogP contribution in [0.15, 0.2) is 29.5 Å². The average Bonchev–Trinajstić information content (AvgIpc) is 2.98. The van der Waals surface area contributed by atoms with Gasteiger partial charge in [0, 0.05) is 24.9 Å². The van der Waals surface area contributed by atoms with Gasteiger partial charge in [-0.15, -0.1) is 6.58 Å². The fourth-order valence-corrected chi connectivity index (χ4v) is 3.63. The second-order valence-corrected chi connectivity index (χ2v) is 6.48. The molecule has 1 aliphatic rings. The summed E-state index contributed by atoms with van der Waals surface area (Å²) in [5.74, 6) is 0.206. The molecule has 0 aromatic carbocycles. The van der Waals surface area contributed by atoms with E-state index in [9.17, 15) is 9.90 Å². The van der Waals surface area contributed by atoms with Crippen LogP contribution in [0.3, 0.4) is 0 Å². The summed E-state index contributed by atoms with van der Waals surface area (Å²) in [5, 5.41) is 13.8. The highest BCUT2D eigenvalue weighted by molar-refractivity contribution is 7.07. The van der Waals surface area contributed by atoms with E-state index in [1.807, 2.05) is 16.4 Å². The topological polar surface area (TPSA) is 40.5 Å².